The van der Waals surface area contributed by atoms with Crippen molar-refractivity contribution in [2.45, 2.75) is 12.5 Å². The smallest absolute Gasteiger partial charge is 0.243 e. The molecule has 0 saturated heterocycles. The molecule has 1 atom stereocenters. The molecule has 0 aromatic heterocycles. The van der Waals surface area contributed by atoms with Crippen LogP contribution in [0.25, 0.3) is 0 Å². The zero-order valence-electron chi connectivity index (χ0n) is 14.9. The summed E-state index contributed by atoms with van der Waals surface area (Å²) in [7, 11) is 5.09. The van der Waals surface area contributed by atoms with Gasteiger partial charge in [-0.1, -0.05) is 18.2 Å². The van der Waals surface area contributed by atoms with E-state index in [-0.39, 0.29) is 42.5 Å². The maximum Gasteiger partial charge on any atom is 0.243 e. The van der Waals surface area contributed by atoms with Crippen LogP contribution < -0.4 is 15.4 Å². The van der Waals surface area contributed by atoms with Gasteiger partial charge in [-0.25, -0.2) is 4.99 Å². The summed E-state index contributed by atoms with van der Waals surface area (Å²) in [6.07, 6.45) is 0.837. The Morgan fingerprint density at radius 2 is 2.16 bits per heavy atom. The van der Waals surface area contributed by atoms with Gasteiger partial charge in [-0.05, 0) is 6.07 Å². The maximum atomic E-state index is 11.8. The highest BCUT2D eigenvalue weighted by Gasteiger charge is 2.22. The SMILES string of the molecule is COCCNC(=NCC(=O)N(C)C)NC1CCOc2ccccc21.I. The second kappa shape index (κ2) is 11.1. The number of methoxy groups -OCH3 is 1. The number of aliphatic imine (C=N–C) groups is 1. The number of carbonyl (C=O) groups is 1. The minimum atomic E-state index is -0.0461. The van der Waals surface area contributed by atoms with Gasteiger partial charge >= 0.3 is 0 Å². The molecule has 0 bridgehead atoms. The molecule has 0 saturated carbocycles. The van der Waals surface area contributed by atoms with Gasteiger partial charge < -0.3 is 25.0 Å². The zero-order chi connectivity index (χ0) is 17.4. The molecule has 8 heteroatoms. The number of halogens is 1. The molecule has 0 spiro atoms. The van der Waals surface area contributed by atoms with Crippen LogP contribution in [0.5, 0.6) is 5.75 Å². The first-order chi connectivity index (χ1) is 11.6. The van der Waals surface area contributed by atoms with Gasteiger partial charge in [0.25, 0.3) is 0 Å². The second-order valence-electron chi connectivity index (χ2n) is 5.74. The molecular weight excluding hydrogens is 435 g/mol. The highest BCUT2D eigenvalue weighted by atomic mass is 127. The van der Waals surface area contributed by atoms with E-state index < -0.39 is 0 Å². The van der Waals surface area contributed by atoms with Crippen LogP contribution in [0.15, 0.2) is 29.3 Å². The molecule has 0 fully saturated rings. The summed E-state index contributed by atoms with van der Waals surface area (Å²) < 4.78 is 10.7. The average molecular weight is 462 g/mol. The van der Waals surface area contributed by atoms with Crippen molar-refractivity contribution < 1.29 is 14.3 Å². The second-order valence-corrected chi connectivity index (χ2v) is 5.74. The van der Waals surface area contributed by atoms with Crippen LogP contribution in [-0.4, -0.2) is 64.3 Å². The minimum absolute atomic E-state index is 0. The van der Waals surface area contributed by atoms with E-state index in [1.165, 1.54) is 4.90 Å². The van der Waals surface area contributed by atoms with E-state index in [1.807, 2.05) is 24.3 Å². The zero-order valence-corrected chi connectivity index (χ0v) is 17.3. The molecule has 140 valence electrons. The number of nitrogens with zero attached hydrogens (tertiary/aromatic N) is 2. The van der Waals surface area contributed by atoms with Crippen LogP contribution >= 0.6 is 24.0 Å². The average Bonchev–Trinajstić information content (AvgIpc) is 2.59. The summed E-state index contributed by atoms with van der Waals surface area (Å²) in [6, 6.07) is 8.06. The molecule has 1 unspecified atom stereocenters. The van der Waals surface area contributed by atoms with Crippen LogP contribution in [0.1, 0.15) is 18.0 Å². The Hall–Kier alpha value is -1.55. The van der Waals surface area contributed by atoms with E-state index in [0.29, 0.717) is 25.7 Å². The fourth-order valence-corrected chi connectivity index (χ4v) is 2.37. The van der Waals surface area contributed by atoms with Gasteiger partial charge in [0.05, 0.1) is 19.3 Å². The Bertz CT molecular complexity index is 581. The number of hydrogen-bond acceptors (Lipinski definition) is 4. The molecule has 0 aliphatic carbocycles. The fraction of sp³-hybridized carbons (Fsp3) is 0.529. The predicted octanol–water partition coefficient (Wildman–Crippen LogP) is 1.40. The van der Waals surface area contributed by atoms with E-state index in [9.17, 15) is 4.79 Å². The molecule has 25 heavy (non-hydrogen) atoms. The molecule has 2 rings (SSSR count). The first kappa shape index (κ1) is 21.5. The number of amides is 1. The summed E-state index contributed by atoms with van der Waals surface area (Å²) >= 11 is 0. The number of benzene rings is 1. The molecule has 2 N–H and O–H groups in total. The number of rotatable bonds is 6. The number of para-hydroxylation sites is 1. The molecule has 1 amide bonds. The number of carbonyl (C=O) groups excluding carboxylic acids is 1. The van der Waals surface area contributed by atoms with Gasteiger partial charge in [0.1, 0.15) is 12.3 Å². The van der Waals surface area contributed by atoms with E-state index in [1.54, 1.807) is 21.2 Å². The highest BCUT2D eigenvalue weighted by molar-refractivity contribution is 14.0. The molecule has 1 aliphatic rings. The number of nitrogens with one attached hydrogen (secondary N) is 2. The topological polar surface area (TPSA) is 75.2 Å². The summed E-state index contributed by atoms with van der Waals surface area (Å²) in [5.74, 6) is 1.45. The van der Waals surface area contributed by atoms with Crippen LogP contribution in [0.4, 0.5) is 0 Å². The van der Waals surface area contributed by atoms with Gasteiger partial charge in [-0.3, -0.25) is 4.79 Å². The van der Waals surface area contributed by atoms with Crippen molar-refractivity contribution in [1.29, 1.82) is 0 Å². The third kappa shape index (κ3) is 6.69. The molecule has 0 radical (unpaired) electrons. The Kier molecular flexibility index (Phi) is 9.58. The standard InChI is InChI=1S/C17H26N4O3.HI/c1-21(2)16(22)12-19-17(18-9-11-23-3)20-14-8-10-24-15-7-5-4-6-13(14)15;/h4-7,14H,8-12H2,1-3H3,(H2,18,19,20);1H. The van der Waals surface area contributed by atoms with E-state index in [2.05, 4.69) is 15.6 Å². The molecule has 1 aliphatic heterocycles. The largest absolute Gasteiger partial charge is 0.493 e. The number of guanidine groups is 1. The molecule has 7 nitrogen and oxygen atoms in total. The lowest BCUT2D eigenvalue weighted by Gasteiger charge is -2.28. The Morgan fingerprint density at radius 3 is 2.88 bits per heavy atom. The molecule has 1 heterocycles. The number of likely N-dealkylation sites (N-methyl/N-ethyl adjacent to an activating group) is 1. The maximum absolute atomic E-state index is 11.8. The van der Waals surface area contributed by atoms with E-state index in [4.69, 9.17) is 9.47 Å². The molecule has 1 aromatic carbocycles. The summed E-state index contributed by atoms with van der Waals surface area (Å²) in [5, 5.41) is 6.59. The van der Waals surface area contributed by atoms with Crippen LogP contribution in [-0.2, 0) is 9.53 Å². The van der Waals surface area contributed by atoms with Gasteiger partial charge in [-0.15, -0.1) is 24.0 Å². The minimum Gasteiger partial charge on any atom is -0.493 e. The lowest BCUT2D eigenvalue weighted by atomic mass is 10.0. The third-order valence-corrected chi connectivity index (χ3v) is 3.74. The predicted molar refractivity (Wildman–Crippen MR) is 109 cm³/mol. The lowest BCUT2D eigenvalue weighted by molar-refractivity contribution is -0.127. The van der Waals surface area contributed by atoms with Gasteiger partial charge in [0.2, 0.25) is 5.91 Å². The highest BCUT2D eigenvalue weighted by Crippen LogP contribution is 2.31. The summed E-state index contributed by atoms with van der Waals surface area (Å²) in [4.78, 5) is 17.7. The van der Waals surface area contributed by atoms with Gasteiger partial charge in [-0.2, -0.15) is 0 Å². The monoisotopic (exact) mass is 462 g/mol. The van der Waals surface area contributed by atoms with Crippen LogP contribution in [0, 0.1) is 0 Å². The first-order valence-corrected chi connectivity index (χ1v) is 8.07. The Labute approximate surface area is 166 Å². The van der Waals surface area contributed by atoms with E-state index >= 15 is 0 Å². The lowest BCUT2D eigenvalue weighted by Crippen LogP contribution is -2.43. The number of fused-ring (bicyclic) bond motifs is 1. The quantitative estimate of drug-likeness (QED) is 0.290. The van der Waals surface area contributed by atoms with Crippen molar-refractivity contribution in [3.05, 3.63) is 29.8 Å². The van der Waals surface area contributed by atoms with Gasteiger partial charge in [0.15, 0.2) is 5.96 Å². The van der Waals surface area contributed by atoms with Crippen molar-refractivity contribution >= 4 is 35.8 Å². The van der Waals surface area contributed by atoms with Crippen LogP contribution in [0.3, 0.4) is 0 Å². The summed E-state index contributed by atoms with van der Waals surface area (Å²) in [5.41, 5.74) is 1.10. The first-order valence-electron chi connectivity index (χ1n) is 8.07. The van der Waals surface area contributed by atoms with Crippen molar-refractivity contribution in [1.82, 2.24) is 15.5 Å². The van der Waals surface area contributed by atoms with E-state index in [0.717, 1.165) is 17.7 Å². The molecule has 1 aromatic rings. The number of hydrogen-bond donors (Lipinski definition) is 2. The Morgan fingerprint density at radius 1 is 1.40 bits per heavy atom. The third-order valence-electron chi connectivity index (χ3n) is 3.74. The summed E-state index contributed by atoms with van der Waals surface area (Å²) in [6.45, 7) is 1.92. The number of ether oxygens (including phenoxy) is 2. The van der Waals surface area contributed by atoms with Crippen LogP contribution in [0.2, 0.25) is 0 Å². The van der Waals surface area contributed by atoms with Crippen molar-refractivity contribution in [3.8, 4) is 5.75 Å². The van der Waals surface area contributed by atoms with Gasteiger partial charge in [0, 0.05) is 39.7 Å². The fourth-order valence-electron chi connectivity index (χ4n) is 2.37. The van der Waals surface area contributed by atoms with Crippen molar-refractivity contribution in [3.63, 3.8) is 0 Å². The normalized spacial score (nSPS) is 16.1. The molecular formula is C17H27IN4O3. The van der Waals surface area contributed by atoms with Crippen molar-refractivity contribution in [2.75, 3.05) is 47.5 Å². The van der Waals surface area contributed by atoms with Crippen molar-refractivity contribution in [2.24, 2.45) is 4.99 Å². The Balaban J connectivity index is 0.00000312.